The quantitative estimate of drug-likeness (QED) is 0.322. The summed E-state index contributed by atoms with van der Waals surface area (Å²) in [6, 6.07) is -0.548. The smallest absolute Gasteiger partial charge is 0.314 e. The van der Waals surface area contributed by atoms with E-state index < -0.39 is 38.4 Å². The van der Waals surface area contributed by atoms with Crippen molar-refractivity contribution in [2.24, 2.45) is 0 Å². The summed E-state index contributed by atoms with van der Waals surface area (Å²) in [4.78, 5) is 11.6. The summed E-state index contributed by atoms with van der Waals surface area (Å²) in [6.45, 7) is 3.19. The molecule has 2 amide bonds. The Morgan fingerprint density at radius 1 is 0.875 bits per heavy atom. The van der Waals surface area contributed by atoms with Crippen molar-refractivity contribution < 1.29 is 24.5 Å². The first-order valence-electron chi connectivity index (χ1n) is 6.55. The summed E-state index contributed by atoms with van der Waals surface area (Å²) in [5.41, 5.74) is 0. The maximum absolute atomic E-state index is 11.6. The second-order valence-corrected chi connectivity index (χ2v) is 9.51. The summed E-state index contributed by atoms with van der Waals surface area (Å²) in [5, 5.41) is 23.8. The highest BCUT2D eigenvalue weighted by Crippen LogP contribution is 2.32. The molecule has 0 spiro atoms. The molecule has 0 aliphatic heterocycles. The highest BCUT2D eigenvalue weighted by Gasteiger charge is 2.34. The molecule has 4 atom stereocenters. The zero-order chi connectivity index (χ0) is 19.1. The van der Waals surface area contributed by atoms with Gasteiger partial charge in [0.05, 0.1) is 12.2 Å². The fourth-order valence-corrected chi connectivity index (χ4v) is 1.53. The standard InChI is InChI=1S/C11H18Cl6N2O5/c1-5(23-7(20)10(12,13)14)3-18-9(22)19-4-6(2)24-8(21)11(15,16)17/h5-8,20-21H,3-4H2,1-2H3,(H2,18,19,22). The normalized spacial score (nSPS) is 17.8. The van der Waals surface area contributed by atoms with Crippen LogP contribution in [0.25, 0.3) is 0 Å². The van der Waals surface area contributed by atoms with Gasteiger partial charge >= 0.3 is 6.03 Å². The molecule has 0 fully saturated rings. The Kier molecular flexibility index (Phi) is 11.3. The van der Waals surface area contributed by atoms with E-state index in [0.717, 1.165) is 0 Å². The van der Waals surface area contributed by atoms with Crippen molar-refractivity contribution in [1.29, 1.82) is 0 Å². The zero-order valence-electron chi connectivity index (χ0n) is 12.6. The first kappa shape index (κ1) is 24.8. The van der Waals surface area contributed by atoms with E-state index in [1.807, 2.05) is 0 Å². The summed E-state index contributed by atoms with van der Waals surface area (Å²) in [5.74, 6) is 0. The molecule has 0 bridgehead atoms. The lowest BCUT2D eigenvalue weighted by molar-refractivity contribution is -0.125. The number of ether oxygens (including phenoxy) is 2. The molecule has 24 heavy (non-hydrogen) atoms. The topological polar surface area (TPSA) is 100 Å². The number of carbonyl (C=O) groups is 1. The second-order valence-electron chi connectivity index (χ2n) is 4.77. The lowest BCUT2D eigenvalue weighted by Gasteiger charge is -2.24. The number of rotatable bonds is 8. The molecule has 0 aliphatic carbocycles. The second kappa shape index (κ2) is 10.9. The van der Waals surface area contributed by atoms with Gasteiger partial charge in [-0.1, -0.05) is 69.6 Å². The number of aliphatic hydroxyl groups excluding tert-OH is 2. The van der Waals surface area contributed by atoms with Crippen molar-refractivity contribution in [2.45, 2.75) is 46.2 Å². The summed E-state index contributed by atoms with van der Waals surface area (Å²) in [6.07, 6.45) is -4.53. The Balaban J connectivity index is 4.02. The summed E-state index contributed by atoms with van der Waals surface area (Å²) in [7, 11) is 0. The van der Waals surface area contributed by atoms with Gasteiger partial charge in [-0.2, -0.15) is 0 Å². The van der Waals surface area contributed by atoms with Crippen LogP contribution in [0, 0.1) is 0 Å². The van der Waals surface area contributed by atoms with E-state index in [1.54, 1.807) is 13.8 Å². The molecule has 0 radical (unpaired) electrons. The molecule has 0 aliphatic rings. The molecule has 0 aromatic carbocycles. The third kappa shape index (κ3) is 11.5. The van der Waals surface area contributed by atoms with Gasteiger partial charge in [0.25, 0.3) is 0 Å². The number of nitrogens with one attached hydrogen (secondary N) is 2. The van der Waals surface area contributed by atoms with E-state index in [4.69, 9.17) is 79.1 Å². The third-order valence-electron chi connectivity index (χ3n) is 2.38. The number of carbonyl (C=O) groups excluding carboxylic acids is 1. The molecule has 0 saturated carbocycles. The molecule has 13 heteroatoms. The van der Waals surface area contributed by atoms with Crippen molar-refractivity contribution in [2.75, 3.05) is 13.1 Å². The monoisotopic (exact) mass is 468 g/mol. The number of hydrogen-bond acceptors (Lipinski definition) is 5. The lowest BCUT2D eigenvalue weighted by Crippen LogP contribution is -2.45. The van der Waals surface area contributed by atoms with Gasteiger partial charge in [-0.15, -0.1) is 0 Å². The molecule has 0 aromatic heterocycles. The Bertz CT molecular complexity index is 358. The molecule has 0 saturated heterocycles. The highest BCUT2D eigenvalue weighted by molar-refractivity contribution is 6.68. The fourth-order valence-electron chi connectivity index (χ4n) is 1.23. The van der Waals surface area contributed by atoms with Crippen molar-refractivity contribution in [3.8, 4) is 0 Å². The molecule has 0 aromatic rings. The minimum absolute atomic E-state index is 0.0374. The molecule has 0 heterocycles. The van der Waals surface area contributed by atoms with E-state index in [0.29, 0.717) is 0 Å². The first-order chi connectivity index (χ1) is 10.7. The Labute approximate surface area is 169 Å². The van der Waals surface area contributed by atoms with E-state index >= 15 is 0 Å². The van der Waals surface area contributed by atoms with Crippen LogP contribution in [0.3, 0.4) is 0 Å². The Morgan fingerprint density at radius 3 is 1.42 bits per heavy atom. The average Bonchev–Trinajstić information content (AvgIpc) is 2.40. The van der Waals surface area contributed by atoms with E-state index in [9.17, 15) is 15.0 Å². The summed E-state index contributed by atoms with van der Waals surface area (Å²) < 4.78 is 6.01. The van der Waals surface area contributed by atoms with Crippen LogP contribution in [-0.4, -0.2) is 61.7 Å². The molecule has 4 N–H and O–H groups in total. The number of alkyl halides is 6. The van der Waals surface area contributed by atoms with Crippen LogP contribution < -0.4 is 10.6 Å². The lowest BCUT2D eigenvalue weighted by atomic mass is 10.4. The molecular weight excluding hydrogens is 453 g/mol. The maximum Gasteiger partial charge on any atom is 0.314 e. The number of urea groups is 1. The SMILES string of the molecule is CC(CNC(=O)NCC(C)OC(O)C(Cl)(Cl)Cl)OC(O)C(Cl)(Cl)Cl. The van der Waals surface area contributed by atoms with Gasteiger partial charge in [0.1, 0.15) is 0 Å². The summed E-state index contributed by atoms with van der Waals surface area (Å²) >= 11 is 32.7. The van der Waals surface area contributed by atoms with Gasteiger partial charge in [-0.3, -0.25) is 0 Å². The minimum Gasteiger partial charge on any atom is -0.365 e. The van der Waals surface area contributed by atoms with Crippen molar-refractivity contribution >= 4 is 75.6 Å². The van der Waals surface area contributed by atoms with E-state index in [-0.39, 0.29) is 13.1 Å². The van der Waals surface area contributed by atoms with Gasteiger partial charge in [0.15, 0.2) is 0 Å². The van der Waals surface area contributed by atoms with Crippen LogP contribution in [0.1, 0.15) is 13.8 Å². The van der Waals surface area contributed by atoms with E-state index in [1.165, 1.54) is 0 Å². The van der Waals surface area contributed by atoms with Gasteiger partial charge < -0.3 is 30.3 Å². The molecular formula is C11H18Cl6N2O5. The van der Waals surface area contributed by atoms with Crippen LogP contribution in [0.5, 0.6) is 0 Å². The van der Waals surface area contributed by atoms with Gasteiger partial charge in [0, 0.05) is 13.1 Å². The van der Waals surface area contributed by atoms with Gasteiger partial charge in [-0.25, -0.2) is 4.79 Å². The average molecular weight is 471 g/mol. The van der Waals surface area contributed by atoms with Gasteiger partial charge in [0.2, 0.25) is 20.2 Å². The fraction of sp³-hybridized carbons (Fsp3) is 0.909. The van der Waals surface area contributed by atoms with Crippen LogP contribution in [-0.2, 0) is 9.47 Å². The van der Waals surface area contributed by atoms with Crippen LogP contribution in [0.2, 0.25) is 0 Å². The Morgan fingerprint density at radius 2 is 1.17 bits per heavy atom. The van der Waals surface area contributed by atoms with Crippen LogP contribution in [0.4, 0.5) is 4.79 Å². The van der Waals surface area contributed by atoms with Crippen molar-refractivity contribution in [1.82, 2.24) is 10.6 Å². The molecule has 7 nitrogen and oxygen atoms in total. The number of aliphatic hydroxyl groups is 2. The number of halogens is 6. The van der Waals surface area contributed by atoms with Crippen molar-refractivity contribution in [3.63, 3.8) is 0 Å². The predicted molar refractivity (Wildman–Crippen MR) is 95.1 cm³/mol. The molecule has 0 rings (SSSR count). The van der Waals surface area contributed by atoms with E-state index in [2.05, 4.69) is 10.6 Å². The zero-order valence-corrected chi connectivity index (χ0v) is 17.1. The third-order valence-corrected chi connectivity index (χ3v) is 3.50. The van der Waals surface area contributed by atoms with Crippen molar-refractivity contribution in [3.05, 3.63) is 0 Å². The molecule has 144 valence electrons. The maximum atomic E-state index is 11.6. The number of amides is 2. The molecule has 4 unspecified atom stereocenters. The van der Waals surface area contributed by atoms with Gasteiger partial charge in [-0.05, 0) is 13.8 Å². The first-order valence-corrected chi connectivity index (χ1v) is 8.82. The minimum atomic E-state index is -1.99. The van der Waals surface area contributed by atoms with Crippen LogP contribution >= 0.6 is 69.6 Å². The highest BCUT2D eigenvalue weighted by atomic mass is 35.6. The predicted octanol–water partition coefficient (Wildman–Crippen LogP) is 2.47. The number of hydrogen-bond donors (Lipinski definition) is 4. The largest absolute Gasteiger partial charge is 0.365 e. The van der Waals surface area contributed by atoms with Crippen LogP contribution in [0.15, 0.2) is 0 Å². The Hall–Kier alpha value is 0.850.